The molecule has 1 unspecified atom stereocenters. The second-order valence-electron chi connectivity index (χ2n) is 5.04. The molecule has 1 amide bonds. The van der Waals surface area contributed by atoms with E-state index < -0.39 is 6.04 Å². The zero-order valence-corrected chi connectivity index (χ0v) is 11.1. The Balaban J connectivity index is 2.63. The molecule has 1 heterocycles. The van der Waals surface area contributed by atoms with Crippen molar-refractivity contribution < 1.29 is 4.79 Å². The van der Waals surface area contributed by atoms with Crippen molar-refractivity contribution >= 4 is 17.5 Å². The number of aromatic nitrogens is 2. The number of hydrogen-bond donors (Lipinski definition) is 4. The molecule has 1 aromatic rings. The predicted molar refractivity (Wildman–Crippen MR) is 70.8 cm³/mol. The van der Waals surface area contributed by atoms with Crippen LogP contribution in [0.3, 0.4) is 0 Å². The summed E-state index contributed by atoms with van der Waals surface area (Å²) in [4.78, 5) is 19.9. The van der Waals surface area contributed by atoms with Crippen molar-refractivity contribution in [2.75, 3.05) is 10.7 Å². The summed E-state index contributed by atoms with van der Waals surface area (Å²) >= 11 is 0. The van der Waals surface area contributed by atoms with Gasteiger partial charge in [-0.3, -0.25) is 9.78 Å². The number of nitrogens with zero attached hydrogens (tertiary/aromatic N) is 2. The van der Waals surface area contributed by atoms with Crippen molar-refractivity contribution in [3.05, 3.63) is 12.4 Å². The Hall–Kier alpha value is -1.89. The minimum absolute atomic E-state index is 0.101. The van der Waals surface area contributed by atoms with Crippen molar-refractivity contribution in [3.8, 4) is 0 Å². The average Bonchev–Trinajstić information content (AvgIpc) is 2.27. The van der Waals surface area contributed by atoms with Gasteiger partial charge in [0.2, 0.25) is 5.91 Å². The number of amides is 1. The monoisotopic (exact) mass is 252 g/mol. The smallest absolute Gasteiger partial charge is 0.242 e. The number of rotatable bonds is 4. The molecule has 7 heteroatoms. The highest BCUT2D eigenvalue weighted by atomic mass is 16.2. The standard InChI is InChI=1S/C11H20N6O/c1-7(10(18)16-11(2,3)4)14-8-5-13-6-9(15-8)17-12/h5-7H,12H2,1-4H3,(H,16,18)(H2,14,15,17). The lowest BCUT2D eigenvalue weighted by Gasteiger charge is -2.23. The molecule has 1 rings (SSSR count). The van der Waals surface area contributed by atoms with E-state index in [1.165, 1.54) is 12.4 Å². The average molecular weight is 252 g/mol. The van der Waals surface area contributed by atoms with E-state index in [0.717, 1.165) is 0 Å². The van der Waals surface area contributed by atoms with Gasteiger partial charge < -0.3 is 16.1 Å². The molecule has 18 heavy (non-hydrogen) atoms. The maximum absolute atomic E-state index is 11.9. The number of hydrazine groups is 1. The van der Waals surface area contributed by atoms with Gasteiger partial charge in [-0.1, -0.05) is 0 Å². The SMILES string of the molecule is CC(Nc1cncc(NN)n1)C(=O)NC(C)(C)C. The Morgan fingerprint density at radius 3 is 2.50 bits per heavy atom. The molecule has 0 spiro atoms. The van der Waals surface area contributed by atoms with Crippen molar-refractivity contribution in [1.82, 2.24) is 15.3 Å². The summed E-state index contributed by atoms with van der Waals surface area (Å²) in [5.74, 6) is 6.05. The van der Waals surface area contributed by atoms with Gasteiger partial charge in [-0.2, -0.15) is 0 Å². The van der Waals surface area contributed by atoms with E-state index in [2.05, 4.69) is 26.0 Å². The van der Waals surface area contributed by atoms with E-state index in [4.69, 9.17) is 5.84 Å². The molecule has 0 aliphatic rings. The van der Waals surface area contributed by atoms with Gasteiger partial charge in [0.15, 0.2) is 5.82 Å². The zero-order chi connectivity index (χ0) is 13.8. The highest BCUT2D eigenvalue weighted by Gasteiger charge is 2.19. The van der Waals surface area contributed by atoms with Crippen LogP contribution in [0.15, 0.2) is 12.4 Å². The summed E-state index contributed by atoms with van der Waals surface area (Å²) in [6.45, 7) is 7.54. The maximum Gasteiger partial charge on any atom is 0.242 e. The van der Waals surface area contributed by atoms with Gasteiger partial charge in [0.05, 0.1) is 12.4 Å². The van der Waals surface area contributed by atoms with Crippen molar-refractivity contribution in [2.45, 2.75) is 39.3 Å². The van der Waals surface area contributed by atoms with Gasteiger partial charge in [0.1, 0.15) is 11.9 Å². The normalized spacial score (nSPS) is 12.7. The molecule has 0 bridgehead atoms. The Kier molecular flexibility index (Phi) is 4.43. The van der Waals surface area contributed by atoms with Gasteiger partial charge in [-0.05, 0) is 27.7 Å². The first kappa shape index (κ1) is 14.2. The molecule has 1 aromatic heterocycles. The van der Waals surface area contributed by atoms with Crippen LogP contribution in [0.2, 0.25) is 0 Å². The molecular formula is C11H20N6O. The Morgan fingerprint density at radius 1 is 1.33 bits per heavy atom. The Morgan fingerprint density at radius 2 is 1.94 bits per heavy atom. The van der Waals surface area contributed by atoms with Crippen LogP contribution in [0.25, 0.3) is 0 Å². The van der Waals surface area contributed by atoms with E-state index in [9.17, 15) is 4.79 Å². The van der Waals surface area contributed by atoms with E-state index in [0.29, 0.717) is 11.6 Å². The number of anilines is 2. The quantitative estimate of drug-likeness (QED) is 0.459. The molecule has 0 radical (unpaired) electrons. The molecule has 0 saturated heterocycles. The van der Waals surface area contributed by atoms with E-state index in [-0.39, 0.29) is 11.4 Å². The first-order valence-electron chi connectivity index (χ1n) is 5.69. The predicted octanol–water partition coefficient (Wildman–Crippen LogP) is 0.477. The van der Waals surface area contributed by atoms with Crippen LogP contribution in [0.4, 0.5) is 11.6 Å². The van der Waals surface area contributed by atoms with E-state index in [1.54, 1.807) is 6.92 Å². The molecule has 1 atom stereocenters. The lowest BCUT2D eigenvalue weighted by molar-refractivity contribution is -0.122. The van der Waals surface area contributed by atoms with E-state index >= 15 is 0 Å². The summed E-state index contributed by atoms with van der Waals surface area (Å²) < 4.78 is 0. The highest BCUT2D eigenvalue weighted by Crippen LogP contribution is 2.07. The molecule has 0 aromatic carbocycles. The number of hydrogen-bond acceptors (Lipinski definition) is 6. The highest BCUT2D eigenvalue weighted by molar-refractivity contribution is 5.84. The Bertz CT molecular complexity index is 414. The van der Waals surface area contributed by atoms with Gasteiger partial charge in [0.25, 0.3) is 0 Å². The molecular weight excluding hydrogens is 232 g/mol. The maximum atomic E-state index is 11.9. The van der Waals surface area contributed by atoms with Gasteiger partial charge in [-0.25, -0.2) is 10.8 Å². The third-order valence-corrected chi connectivity index (χ3v) is 2.04. The van der Waals surface area contributed by atoms with Gasteiger partial charge in [0, 0.05) is 5.54 Å². The van der Waals surface area contributed by atoms with Crippen LogP contribution in [0, 0.1) is 0 Å². The summed E-state index contributed by atoms with van der Waals surface area (Å²) in [7, 11) is 0. The van der Waals surface area contributed by atoms with Crippen LogP contribution in [0.1, 0.15) is 27.7 Å². The van der Waals surface area contributed by atoms with Crippen LogP contribution < -0.4 is 21.9 Å². The topological polar surface area (TPSA) is 105 Å². The molecule has 0 aliphatic heterocycles. The van der Waals surface area contributed by atoms with Crippen LogP contribution >= 0.6 is 0 Å². The zero-order valence-electron chi connectivity index (χ0n) is 11.1. The number of carbonyl (C=O) groups is 1. The van der Waals surface area contributed by atoms with Crippen LogP contribution in [-0.4, -0.2) is 27.5 Å². The number of carbonyl (C=O) groups excluding carboxylic acids is 1. The van der Waals surface area contributed by atoms with Crippen LogP contribution in [0.5, 0.6) is 0 Å². The minimum Gasteiger partial charge on any atom is -0.357 e. The third kappa shape index (κ3) is 4.54. The lowest BCUT2D eigenvalue weighted by atomic mass is 10.1. The number of nitrogens with two attached hydrogens (primary N) is 1. The van der Waals surface area contributed by atoms with Crippen LogP contribution in [-0.2, 0) is 4.79 Å². The first-order valence-corrected chi connectivity index (χ1v) is 5.69. The van der Waals surface area contributed by atoms with Gasteiger partial charge in [-0.15, -0.1) is 0 Å². The Labute approximate surface area is 107 Å². The van der Waals surface area contributed by atoms with Crippen molar-refractivity contribution in [2.24, 2.45) is 5.84 Å². The van der Waals surface area contributed by atoms with Crippen molar-refractivity contribution in [1.29, 1.82) is 0 Å². The number of nitrogen functional groups attached to an aromatic ring is 1. The minimum atomic E-state index is -0.411. The lowest BCUT2D eigenvalue weighted by Crippen LogP contribution is -2.47. The first-order chi connectivity index (χ1) is 8.31. The number of nitrogens with one attached hydrogen (secondary N) is 3. The van der Waals surface area contributed by atoms with Crippen molar-refractivity contribution in [3.63, 3.8) is 0 Å². The largest absolute Gasteiger partial charge is 0.357 e. The van der Waals surface area contributed by atoms with E-state index in [1.807, 2.05) is 20.8 Å². The molecule has 7 nitrogen and oxygen atoms in total. The summed E-state index contributed by atoms with van der Waals surface area (Å²) in [6, 6.07) is -0.411. The molecule has 0 saturated carbocycles. The molecule has 5 N–H and O–H groups in total. The van der Waals surface area contributed by atoms with Gasteiger partial charge >= 0.3 is 0 Å². The summed E-state index contributed by atoms with van der Waals surface area (Å²) in [5, 5.41) is 5.84. The molecule has 100 valence electrons. The fraction of sp³-hybridized carbons (Fsp3) is 0.545. The fourth-order valence-corrected chi connectivity index (χ4v) is 1.27. The summed E-state index contributed by atoms with van der Waals surface area (Å²) in [6.07, 6.45) is 3.02. The second-order valence-corrected chi connectivity index (χ2v) is 5.04. The fourth-order valence-electron chi connectivity index (χ4n) is 1.27. The summed E-state index contributed by atoms with van der Waals surface area (Å²) in [5.41, 5.74) is 2.13. The molecule has 0 aliphatic carbocycles. The third-order valence-electron chi connectivity index (χ3n) is 2.04. The molecule has 0 fully saturated rings. The second kappa shape index (κ2) is 5.63.